The standard InChI is InChI=1S/C9H8F2N4OS/c10-5(11)3-13-8(16)7-6(12)4-1-2-14-15-9(4)17-7/h1-2,5H,3,12H2,(H,13,16). The molecule has 2 rings (SSSR count). The molecule has 2 aromatic heterocycles. The lowest BCUT2D eigenvalue weighted by Crippen LogP contribution is -2.28. The van der Waals surface area contributed by atoms with Gasteiger partial charge in [0, 0.05) is 5.39 Å². The van der Waals surface area contributed by atoms with Crippen molar-refractivity contribution in [1.82, 2.24) is 15.5 Å². The molecule has 0 saturated heterocycles. The third kappa shape index (κ3) is 2.31. The van der Waals surface area contributed by atoms with E-state index in [0.717, 1.165) is 11.3 Å². The van der Waals surface area contributed by atoms with Crippen molar-refractivity contribution in [2.75, 3.05) is 12.3 Å². The molecule has 0 unspecified atom stereocenters. The second kappa shape index (κ2) is 4.58. The zero-order valence-electron chi connectivity index (χ0n) is 8.48. The number of nitrogen functional groups attached to an aromatic ring is 1. The van der Waals surface area contributed by atoms with Gasteiger partial charge in [-0.1, -0.05) is 0 Å². The predicted octanol–water partition coefficient (Wildman–Crippen LogP) is 1.27. The van der Waals surface area contributed by atoms with Crippen LogP contribution in [0.1, 0.15) is 9.67 Å². The molecule has 17 heavy (non-hydrogen) atoms. The van der Waals surface area contributed by atoms with Crippen LogP contribution in [-0.2, 0) is 0 Å². The highest BCUT2D eigenvalue weighted by molar-refractivity contribution is 7.21. The summed E-state index contributed by atoms with van der Waals surface area (Å²) in [6.45, 7) is -0.696. The number of nitrogens with zero attached hydrogens (tertiary/aromatic N) is 2. The van der Waals surface area contributed by atoms with Gasteiger partial charge in [0.05, 0.1) is 18.4 Å². The van der Waals surface area contributed by atoms with Crippen molar-refractivity contribution in [3.8, 4) is 0 Å². The summed E-state index contributed by atoms with van der Waals surface area (Å²) < 4.78 is 23.9. The lowest BCUT2D eigenvalue weighted by molar-refractivity contribution is 0.0896. The topological polar surface area (TPSA) is 80.9 Å². The molecule has 1 amide bonds. The van der Waals surface area contributed by atoms with E-state index in [9.17, 15) is 13.6 Å². The number of amides is 1. The Morgan fingerprint density at radius 1 is 1.59 bits per heavy atom. The number of hydrogen-bond acceptors (Lipinski definition) is 5. The van der Waals surface area contributed by atoms with Crippen LogP contribution in [0.25, 0.3) is 10.2 Å². The van der Waals surface area contributed by atoms with E-state index in [4.69, 9.17) is 5.73 Å². The molecule has 3 N–H and O–H groups in total. The summed E-state index contributed by atoms with van der Waals surface area (Å²) >= 11 is 1.03. The van der Waals surface area contributed by atoms with Crippen LogP contribution in [0.4, 0.5) is 14.5 Å². The van der Waals surface area contributed by atoms with E-state index in [1.54, 1.807) is 6.07 Å². The Labute approximate surface area is 98.6 Å². The van der Waals surface area contributed by atoms with Gasteiger partial charge in [0.15, 0.2) is 0 Å². The Bertz CT molecular complexity index is 557. The predicted molar refractivity (Wildman–Crippen MR) is 60.2 cm³/mol. The summed E-state index contributed by atoms with van der Waals surface area (Å²) in [4.78, 5) is 12.3. The summed E-state index contributed by atoms with van der Waals surface area (Å²) in [5.74, 6) is -0.620. The summed E-state index contributed by atoms with van der Waals surface area (Å²) in [6.07, 6.45) is -1.14. The van der Waals surface area contributed by atoms with Gasteiger partial charge in [0.2, 0.25) is 0 Å². The van der Waals surface area contributed by atoms with Crippen LogP contribution in [0.15, 0.2) is 12.3 Å². The highest BCUT2D eigenvalue weighted by atomic mass is 32.1. The second-order valence-electron chi connectivity index (χ2n) is 3.20. The molecule has 8 heteroatoms. The summed E-state index contributed by atoms with van der Waals surface area (Å²) in [5, 5.41) is 10.2. The maximum Gasteiger partial charge on any atom is 0.263 e. The highest BCUT2D eigenvalue weighted by Gasteiger charge is 2.17. The molecular formula is C9H8F2N4OS. The number of nitrogens with two attached hydrogens (primary N) is 1. The number of anilines is 1. The molecule has 0 aliphatic carbocycles. The summed E-state index contributed by atoms with van der Waals surface area (Å²) in [6, 6.07) is 1.62. The third-order valence-corrected chi connectivity index (χ3v) is 3.15. The van der Waals surface area contributed by atoms with Crippen molar-refractivity contribution in [3.63, 3.8) is 0 Å². The zero-order chi connectivity index (χ0) is 12.4. The number of thiophene rings is 1. The summed E-state index contributed by atoms with van der Waals surface area (Å²) in [5.41, 5.74) is 5.98. The number of aromatic nitrogens is 2. The zero-order valence-corrected chi connectivity index (χ0v) is 9.30. The number of nitrogens with one attached hydrogen (secondary N) is 1. The minimum atomic E-state index is -2.59. The van der Waals surface area contributed by atoms with Gasteiger partial charge < -0.3 is 11.1 Å². The van der Waals surface area contributed by atoms with Crippen LogP contribution in [0.5, 0.6) is 0 Å². The maximum absolute atomic E-state index is 12.0. The third-order valence-electron chi connectivity index (χ3n) is 2.04. The lowest BCUT2D eigenvalue weighted by atomic mass is 10.3. The number of carbonyl (C=O) groups excluding carboxylic acids is 1. The lowest BCUT2D eigenvalue weighted by Gasteiger charge is -2.02. The van der Waals surface area contributed by atoms with E-state index in [-0.39, 0.29) is 10.6 Å². The van der Waals surface area contributed by atoms with E-state index >= 15 is 0 Å². The molecule has 0 radical (unpaired) electrons. The van der Waals surface area contributed by atoms with Crippen LogP contribution in [-0.4, -0.2) is 29.1 Å². The normalized spacial score (nSPS) is 11.0. The van der Waals surface area contributed by atoms with Crippen molar-refractivity contribution in [2.24, 2.45) is 0 Å². The van der Waals surface area contributed by atoms with Crippen molar-refractivity contribution >= 4 is 33.1 Å². The number of carbonyl (C=O) groups is 1. The number of halogens is 2. The summed E-state index contributed by atoms with van der Waals surface area (Å²) in [7, 11) is 0. The van der Waals surface area contributed by atoms with Crippen LogP contribution in [0.2, 0.25) is 0 Å². The van der Waals surface area contributed by atoms with E-state index < -0.39 is 18.9 Å². The average Bonchev–Trinajstić information content (AvgIpc) is 2.64. The van der Waals surface area contributed by atoms with Crippen molar-refractivity contribution in [2.45, 2.75) is 6.43 Å². The number of fused-ring (bicyclic) bond motifs is 1. The van der Waals surface area contributed by atoms with Gasteiger partial charge in [-0.15, -0.1) is 16.4 Å². The molecule has 0 aromatic carbocycles. The van der Waals surface area contributed by atoms with Gasteiger partial charge in [-0.2, -0.15) is 5.10 Å². The molecule has 0 bridgehead atoms. The molecule has 0 aliphatic heterocycles. The Morgan fingerprint density at radius 3 is 3.00 bits per heavy atom. The van der Waals surface area contributed by atoms with Crippen molar-refractivity contribution in [1.29, 1.82) is 0 Å². The molecule has 90 valence electrons. The largest absolute Gasteiger partial charge is 0.397 e. The Balaban J connectivity index is 2.29. The van der Waals surface area contributed by atoms with Crippen LogP contribution >= 0.6 is 11.3 Å². The second-order valence-corrected chi connectivity index (χ2v) is 4.20. The fourth-order valence-corrected chi connectivity index (χ4v) is 2.25. The number of rotatable bonds is 3. The minimum absolute atomic E-state index is 0.182. The number of hydrogen-bond donors (Lipinski definition) is 2. The smallest absolute Gasteiger partial charge is 0.263 e. The fraction of sp³-hybridized carbons (Fsp3) is 0.222. The van der Waals surface area contributed by atoms with Gasteiger partial charge in [-0.3, -0.25) is 4.79 Å². The maximum atomic E-state index is 12.0. The van der Waals surface area contributed by atoms with E-state index in [1.165, 1.54) is 6.20 Å². The van der Waals surface area contributed by atoms with Gasteiger partial charge >= 0.3 is 0 Å². The average molecular weight is 258 g/mol. The first kappa shape index (κ1) is 11.6. The van der Waals surface area contributed by atoms with Crippen LogP contribution in [0.3, 0.4) is 0 Å². The molecular weight excluding hydrogens is 250 g/mol. The first-order valence-electron chi connectivity index (χ1n) is 4.65. The molecule has 0 saturated carbocycles. The first-order chi connectivity index (χ1) is 8.09. The molecule has 0 spiro atoms. The highest BCUT2D eigenvalue weighted by Crippen LogP contribution is 2.31. The Kier molecular flexibility index (Phi) is 3.14. The molecule has 5 nitrogen and oxygen atoms in total. The fourth-order valence-electron chi connectivity index (χ4n) is 1.29. The van der Waals surface area contributed by atoms with Crippen molar-refractivity contribution < 1.29 is 13.6 Å². The van der Waals surface area contributed by atoms with Gasteiger partial charge in [-0.05, 0) is 6.07 Å². The van der Waals surface area contributed by atoms with E-state index in [0.29, 0.717) is 10.2 Å². The number of alkyl halides is 2. The van der Waals surface area contributed by atoms with Crippen molar-refractivity contribution in [3.05, 3.63) is 17.1 Å². The van der Waals surface area contributed by atoms with Crippen LogP contribution in [0, 0.1) is 0 Å². The molecule has 2 aromatic rings. The SMILES string of the molecule is Nc1c(C(=O)NCC(F)F)sc2nnccc12. The monoisotopic (exact) mass is 258 g/mol. The molecule has 0 fully saturated rings. The van der Waals surface area contributed by atoms with E-state index in [2.05, 4.69) is 15.5 Å². The molecule has 0 aliphatic rings. The minimum Gasteiger partial charge on any atom is -0.397 e. The van der Waals surface area contributed by atoms with Gasteiger partial charge in [0.25, 0.3) is 12.3 Å². The van der Waals surface area contributed by atoms with E-state index in [1.807, 2.05) is 0 Å². The molecule has 2 heterocycles. The van der Waals surface area contributed by atoms with Gasteiger partial charge in [0.1, 0.15) is 9.71 Å². The first-order valence-corrected chi connectivity index (χ1v) is 5.47. The molecule has 0 atom stereocenters. The Morgan fingerprint density at radius 2 is 2.35 bits per heavy atom. The quantitative estimate of drug-likeness (QED) is 0.868. The Hall–Kier alpha value is -1.83. The van der Waals surface area contributed by atoms with Crippen LogP contribution < -0.4 is 11.1 Å². The van der Waals surface area contributed by atoms with Gasteiger partial charge in [-0.25, -0.2) is 8.78 Å².